The van der Waals surface area contributed by atoms with Crippen LogP contribution in [0.1, 0.15) is 19.4 Å². The molecule has 0 spiro atoms. The van der Waals surface area contributed by atoms with Crippen LogP contribution in [-0.4, -0.2) is 74.2 Å². The van der Waals surface area contributed by atoms with Gasteiger partial charge in [0.2, 0.25) is 16.8 Å². The van der Waals surface area contributed by atoms with Crippen LogP contribution in [0.15, 0.2) is 47.4 Å². The average molecular weight is 524 g/mol. The molecule has 0 saturated heterocycles. The van der Waals surface area contributed by atoms with Gasteiger partial charge in [-0.15, -0.1) is 0 Å². The van der Waals surface area contributed by atoms with Crippen LogP contribution in [0.5, 0.6) is 17.2 Å². The molecule has 1 heterocycles. The Kier molecular flexibility index (Phi) is 9.37. The molecule has 0 saturated carbocycles. The molecule has 2 aromatic carbocycles. The number of rotatable bonds is 13. The molecule has 0 fully saturated rings. The number of amides is 1. The van der Waals surface area contributed by atoms with E-state index < -0.39 is 28.3 Å². The Morgan fingerprint density at radius 2 is 1.83 bits per heavy atom. The average Bonchev–Trinajstić information content (AvgIpc) is 3.30. The second-order valence-electron chi connectivity index (χ2n) is 8.84. The highest BCUT2D eigenvalue weighted by atomic mass is 32.2. The molecular weight excluding hydrogens is 490 g/mol. The van der Waals surface area contributed by atoms with Gasteiger partial charge in [0.25, 0.3) is 0 Å². The lowest BCUT2D eigenvalue weighted by atomic mass is 10.0. The van der Waals surface area contributed by atoms with Crippen molar-refractivity contribution in [3.63, 3.8) is 0 Å². The molecule has 0 radical (unpaired) electrons. The molecule has 11 nitrogen and oxygen atoms in total. The largest absolute Gasteiger partial charge is 0.492 e. The summed E-state index contributed by atoms with van der Waals surface area (Å²) in [5.41, 5.74) is 6.18. The van der Waals surface area contributed by atoms with Gasteiger partial charge in [-0.3, -0.25) is 0 Å². The first-order chi connectivity index (χ1) is 17.1. The highest BCUT2D eigenvalue weighted by Gasteiger charge is 2.32. The summed E-state index contributed by atoms with van der Waals surface area (Å²) >= 11 is 0. The van der Waals surface area contributed by atoms with Crippen molar-refractivity contribution in [2.45, 2.75) is 37.3 Å². The van der Waals surface area contributed by atoms with Crippen molar-refractivity contribution in [1.82, 2.24) is 9.62 Å². The minimum Gasteiger partial charge on any atom is -0.492 e. The van der Waals surface area contributed by atoms with E-state index in [4.69, 9.17) is 19.9 Å². The maximum atomic E-state index is 13.5. The summed E-state index contributed by atoms with van der Waals surface area (Å²) in [5, 5.41) is 22.7. The quantitative estimate of drug-likeness (QED) is 0.306. The Balaban J connectivity index is 1.79. The monoisotopic (exact) mass is 523 g/mol. The molecule has 5 N–H and O–H groups in total. The number of nitrogens with one attached hydrogen (secondary N) is 1. The highest BCUT2D eigenvalue weighted by Crippen LogP contribution is 2.34. The number of carbonyl (C=O) groups is 1. The second-order valence-corrected chi connectivity index (χ2v) is 10.8. The first kappa shape index (κ1) is 27.5. The van der Waals surface area contributed by atoms with Crippen molar-refractivity contribution in [1.29, 1.82) is 0 Å². The van der Waals surface area contributed by atoms with E-state index in [2.05, 4.69) is 5.32 Å². The molecular formula is C24H33N3O8S. The minimum atomic E-state index is -4.03. The van der Waals surface area contributed by atoms with Gasteiger partial charge < -0.3 is 35.5 Å². The van der Waals surface area contributed by atoms with Crippen LogP contribution in [0.25, 0.3) is 0 Å². The fraction of sp³-hybridized carbons (Fsp3) is 0.458. The lowest BCUT2D eigenvalue weighted by Gasteiger charge is -2.30. The number of ether oxygens (including phenoxy) is 3. The number of fused-ring (bicyclic) bond motifs is 1. The normalized spacial score (nSPS) is 14.6. The first-order valence-electron chi connectivity index (χ1n) is 11.6. The number of nitrogens with two attached hydrogens (primary N) is 1. The Labute approximate surface area is 210 Å². The van der Waals surface area contributed by atoms with Crippen LogP contribution >= 0.6 is 0 Å². The fourth-order valence-corrected chi connectivity index (χ4v) is 5.43. The van der Waals surface area contributed by atoms with Crippen molar-refractivity contribution >= 4 is 16.1 Å². The van der Waals surface area contributed by atoms with E-state index in [-0.39, 0.29) is 37.1 Å². The van der Waals surface area contributed by atoms with Gasteiger partial charge >= 0.3 is 6.09 Å². The molecule has 2 atom stereocenters. The highest BCUT2D eigenvalue weighted by molar-refractivity contribution is 7.89. The molecule has 0 bridgehead atoms. The van der Waals surface area contributed by atoms with Crippen molar-refractivity contribution in [2.75, 3.05) is 33.0 Å². The third-order valence-corrected chi connectivity index (χ3v) is 7.31. The lowest BCUT2D eigenvalue weighted by Crippen LogP contribution is -2.50. The number of aliphatic hydroxyl groups is 1. The molecule has 198 valence electrons. The first-order valence-corrected chi connectivity index (χ1v) is 13.0. The van der Waals surface area contributed by atoms with Crippen LogP contribution in [0.2, 0.25) is 0 Å². The number of benzene rings is 2. The molecule has 36 heavy (non-hydrogen) atoms. The number of nitrogens with zero attached hydrogens (tertiary/aromatic N) is 1. The van der Waals surface area contributed by atoms with Gasteiger partial charge in [0.15, 0.2) is 11.5 Å². The van der Waals surface area contributed by atoms with E-state index >= 15 is 0 Å². The molecule has 12 heteroatoms. The van der Waals surface area contributed by atoms with Gasteiger partial charge in [0.1, 0.15) is 12.4 Å². The lowest BCUT2D eigenvalue weighted by molar-refractivity contribution is 0.0980. The Bertz CT molecular complexity index is 1120. The number of hydrogen-bond donors (Lipinski definition) is 4. The summed E-state index contributed by atoms with van der Waals surface area (Å²) in [5.74, 6) is 1.35. The third-order valence-electron chi connectivity index (χ3n) is 5.48. The molecule has 1 aliphatic heterocycles. The number of aliphatic hydroxyl groups excluding tert-OH is 1. The molecule has 3 rings (SSSR count). The molecule has 2 aromatic rings. The van der Waals surface area contributed by atoms with Crippen LogP contribution in [0.3, 0.4) is 0 Å². The molecule has 1 amide bonds. The van der Waals surface area contributed by atoms with E-state index in [1.807, 2.05) is 13.8 Å². The van der Waals surface area contributed by atoms with Crippen molar-refractivity contribution < 1.29 is 37.6 Å². The Morgan fingerprint density at radius 3 is 2.47 bits per heavy atom. The van der Waals surface area contributed by atoms with E-state index in [1.54, 1.807) is 24.3 Å². The fourth-order valence-electron chi connectivity index (χ4n) is 3.79. The van der Waals surface area contributed by atoms with Gasteiger partial charge in [0.05, 0.1) is 17.0 Å². The third kappa shape index (κ3) is 7.23. The predicted molar refractivity (Wildman–Crippen MR) is 132 cm³/mol. The van der Waals surface area contributed by atoms with Crippen LogP contribution in [0.4, 0.5) is 4.79 Å². The number of carboxylic acid groups (broad SMARTS) is 1. The van der Waals surface area contributed by atoms with Crippen LogP contribution in [0, 0.1) is 5.92 Å². The summed E-state index contributed by atoms with van der Waals surface area (Å²) in [6.45, 7) is 4.28. The zero-order valence-electron chi connectivity index (χ0n) is 20.3. The minimum absolute atomic E-state index is 0.00425. The maximum Gasteiger partial charge on any atom is 0.404 e. The summed E-state index contributed by atoms with van der Waals surface area (Å²) in [6.07, 6.45) is -2.50. The van der Waals surface area contributed by atoms with Crippen molar-refractivity contribution in [3.8, 4) is 17.2 Å². The van der Waals surface area contributed by atoms with Crippen LogP contribution in [-0.2, 0) is 16.4 Å². The standard InChI is InChI=1S/C24H33N3O8S/c1-16(2)13-27(36(31,32)19-7-8-22-23(12-19)35-15-34-22)14-21(28)20(26-24(29)30)11-17-3-5-18(6-4-17)33-10-9-25/h3-8,12,16,20-21,26,28H,9-11,13-15,25H2,1-2H3,(H,29,30)/t20-,21-/m1/s1. The Morgan fingerprint density at radius 1 is 1.14 bits per heavy atom. The number of hydrogen-bond acceptors (Lipinski definition) is 8. The number of sulfonamides is 1. The zero-order valence-corrected chi connectivity index (χ0v) is 21.1. The summed E-state index contributed by atoms with van der Waals surface area (Å²) in [4.78, 5) is 11.5. The molecule has 0 aromatic heterocycles. The smallest absolute Gasteiger partial charge is 0.404 e. The topological polar surface area (TPSA) is 161 Å². The zero-order chi connectivity index (χ0) is 26.3. The van der Waals surface area contributed by atoms with Gasteiger partial charge in [-0.05, 0) is 42.2 Å². The van der Waals surface area contributed by atoms with E-state index in [1.165, 1.54) is 22.5 Å². The van der Waals surface area contributed by atoms with Gasteiger partial charge in [-0.1, -0.05) is 26.0 Å². The summed E-state index contributed by atoms with van der Waals surface area (Å²) < 4.78 is 44.2. The Hall–Kier alpha value is -3.06. The van der Waals surface area contributed by atoms with E-state index in [9.17, 15) is 23.4 Å². The molecule has 0 unspecified atom stereocenters. The van der Waals surface area contributed by atoms with Crippen molar-refractivity contribution in [2.24, 2.45) is 11.7 Å². The van der Waals surface area contributed by atoms with Crippen LogP contribution < -0.4 is 25.3 Å². The van der Waals surface area contributed by atoms with Crippen molar-refractivity contribution in [3.05, 3.63) is 48.0 Å². The van der Waals surface area contributed by atoms with Gasteiger partial charge in [-0.25, -0.2) is 13.2 Å². The van der Waals surface area contributed by atoms with E-state index in [0.717, 1.165) is 5.56 Å². The SMILES string of the molecule is CC(C)CN(C[C@@H](O)[C@@H](Cc1ccc(OCCN)cc1)NC(=O)O)S(=O)(=O)c1ccc2c(c1)OCO2. The van der Waals surface area contributed by atoms with E-state index in [0.29, 0.717) is 30.4 Å². The second kappa shape index (κ2) is 12.3. The predicted octanol–water partition coefficient (Wildman–Crippen LogP) is 1.64. The summed E-state index contributed by atoms with van der Waals surface area (Å²) in [7, 11) is -4.03. The van der Waals surface area contributed by atoms with Gasteiger partial charge in [-0.2, -0.15) is 4.31 Å². The van der Waals surface area contributed by atoms with Gasteiger partial charge in [0, 0.05) is 25.7 Å². The molecule has 1 aliphatic rings. The molecule has 0 aliphatic carbocycles. The maximum absolute atomic E-state index is 13.5. The summed E-state index contributed by atoms with van der Waals surface area (Å²) in [6, 6.07) is 10.3.